The number of nitrogens with zero attached hydrogens (tertiary/aromatic N) is 4. The molecule has 0 saturated heterocycles. The van der Waals surface area contributed by atoms with Crippen molar-refractivity contribution >= 4 is 22.1 Å². The second kappa shape index (κ2) is 4.96. The maximum absolute atomic E-state index is 12.2. The van der Waals surface area contributed by atoms with Gasteiger partial charge in [-0.05, 0) is 23.6 Å². The monoisotopic (exact) mass is 283 g/mol. The standard InChI is InChI=1S/C14H13N5O2/c1-7(2)10(18-19-15)13-16-11-8-5-3-4-6-9(8)21-12(11)14(20)17-13/h3-7,10H,1-2H3,(H,16,17,20)/t10-/m1/s1. The highest BCUT2D eigenvalue weighted by Gasteiger charge is 2.20. The lowest BCUT2D eigenvalue weighted by molar-refractivity contribution is 0.488. The van der Waals surface area contributed by atoms with Crippen molar-refractivity contribution in [1.29, 1.82) is 0 Å². The summed E-state index contributed by atoms with van der Waals surface area (Å²) in [6.45, 7) is 3.80. The number of H-pyrrole nitrogens is 1. The molecule has 106 valence electrons. The van der Waals surface area contributed by atoms with Crippen LogP contribution in [0.3, 0.4) is 0 Å². The zero-order chi connectivity index (χ0) is 15.0. The first kappa shape index (κ1) is 13.2. The molecule has 0 amide bonds. The molecule has 3 aromatic rings. The largest absolute Gasteiger partial charge is 0.449 e. The van der Waals surface area contributed by atoms with Crippen molar-refractivity contribution in [3.05, 3.63) is 50.9 Å². The Bertz CT molecular complexity index is 918. The highest BCUT2D eigenvalue weighted by molar-refractivity contribution is 6.01. The van der Waals surface area contributed by atoms with E-state index < -0.39 is 6.04 Å². The van der Waals surface area contributed by atoms with Crippen molar-refractivity contribution in [2.75, 3.05) is 0 Å². The van der Waals surface area contributed by atoms with Gasteiger partial charge in [-0.2, -0.15) is 0 Å². The molecule has 2 heterocycles. The molecule has 7 nitrogen and oxygen atoms in total. The minimum Gasteiger partial charge on any atom is -0.449 e. The molecule has 0 bridgehead atoms. The van der Waals surface area contributed by atoms with Gasteiger partial charge in [-0.25, -0.2) is 4.98 Å². The maximum Gasteiger partial charge on any atom is 0.294 e. The van der Waals surface area contributed by atoms with Gasteiger partial charge in [-0.3, -0.25) is 4.79 Å². The topological polar surface area (TPSA) is 108 Å². The molecular weight excluding hydrogens is 270 g/mol. The first-order chi connectivity index (χ1) is 10.1. The van der Waals surface area contributed by atoms with E-state index in [-0.39, 0.29) is 17.1 Å². The van der Waals surface area contributed by atoms with Crippen LogP contribution in [0.4, 0.5) is 0 Å². The number of aromatic amines is 1. The van der Waals surface area contributed by atoms with Gasteiger partial charge in [0, 0.05) is 10.3 Å². The quantitative estimate of drug-likeness (QED) is 0.450. The number of rotatable bonds is 3. The summed E-state index contributed by atoms with van der Waals surface area (Å²) >= 11 is 0. The molecule has 0 aliphatic carbocycles. The molecule has 1 atom stereocenters. The Kier molecular flexibility index (Phi) is 3.12. The minimum absolute atomic E-state index is 0.0136. The van der Waals surface area contributed by atoms with Crippen molar-refractivity contribution in [3.8, 4) is 0 Å². The van der Waals surface area contributed by atoms with Gasteiger partial charge in [0.1, 0.15) is 16.9 Å². The van der Waals surface area contributed by atoms with Crippen LogP contribution in [-0.4, -0.2) is 9.97 Å². The summed E-state index contributed by atoms with van der Waals surface area (Å²) in [5.74, 6) is 0.367. The zero-order valence-corrected chi connectivity index (χ0v) is 11.6. The summed E-state index contributed by atoms with van der Waals surface area (Å²) in [6, 6.07) is 6.78. The van der Waals surface area contributed by atoms with E-state index in [2.05, 4.69) is 20.0 Å². The minimum atomic E-state index is -0.527. The molecule has 21 heavy (non-hydrogen) atoms. The van der Waals surface area contributed by atoms with Crippen LogP contribution in [0.25, 0.3) is 32.5 Å². The Hall–Kier alpha value is -2.79. The first-order valence-electron chi connectivity index (χ1n) is 6.57. The number of furan rings is 1. The summed E-state index contributed by atoms with van der Waals surface area (Å²) in [5.41, 5.74) is 9.59. The number of para-hydroxylation sites is 1. The van der Waals surface area contributed by atoms with E-state index in [9.17, 15) is 4.79 Å². The van der Waals surface area contributed by atoms with Gasteiger partial charge < -0.3 is 9.40 Å². The fraction of sp³-hybridized carbons (Fsp3) is 0.286. The van der Waals surface area contributed by atoms with Crippen molar-refractivity contribution in [1.82, 2.24) is 9.97 Å². The van der Waals surface area contributed by atoms with Crippen LogP contribution in [-0.2, 0) is 0 Å². The van der Waals surface area contributed by atoms with Gasteiger partial charge in [0.05, 0.1) is 6.04 Å². The van der Waals surface area contributed by atoms with Gasteiger partial charge in [-0.1, -0.05) is 31.1 Å². The lowest BCUT2D eigenvalue weighted by atomic mass is 10.0. The fourth-order valence-electron chi connectivity index (χ4n) is 2.32. The Labute approximate surface area is 119 Å². The van der Waals surface area contributed by atoms with E-state index in [1.165, 1.54) is 0 Å². The molecule has 0 saturated carbocycles. The highest BCUT2D eigenvalue weighted by Crippen LogP contribution is 2.28. The van der Waals surface area contributed by atoms with Crippen LogP contribution in [0.5, 0.6) is 0 Å². The second-order valence-electron chi connectivity index (χ2n) is 5.12. The second-order valence-corrected chi connectivity index (χ2v) is 5.12. The van der Waals surface area contributed by atoms with Crippen molar-refractivity contribution in [2.24, 2.45) is 11.0 Å². The fourth-order valence-corrected chi connectivity index (χ4v) is 2.32. The average Bonchev–Trinajstić information content (AvgIpc) is 2.84. The normalized spacial score (nSPS) is 12.7. The summed E-state index contributed by atoms with van der Waals surface area (Å²) in [5, 5.41) is 4.49. The molecule has 0 radical (unpaired) electrons. The molecule has 0 aliphatic rings. The van der Waals surface area contributed by atoms with E-state index >= 15 is 0 Å². The van der Waals surface area contributed by atoms with Crippen molar-refractivity contribution in [3.63, 3.8) is 0 Å². The number of nitrogens with one attached hydrogen (secondary N) is 1. The molecule has 2 aromatic heterocycles. The van der Waals surface area contributed by atoms with Crippen LogP contribution in [0.2, 0.25) is 0 Å². The summed E-state index contributed by atoms with van der Waals surface area (Å²) in [4.78, 5) is 22.1. The lowest BCUT2D eigenvalue weighted by Gasteiger charge is -2.13. The molecule has 1 aromatic carbocycles. The third kappa shape index (κ3) is 2.13. The Morgan fingerprint density at radius 3 is 2.86 bits per heavy atom. The number of benzene rings is 1. The molecule has 3 rings (SSSR count). The van der Waals surface area contributed by atoms with Gasteiger partial charge in [0.2, 0.25) is 5.58 Å². The predicted octanol–water partition coefficient (Wildman–Crippen LogP) is 3.68. The number of hydrogen-bond donors (Lipinski definition) is 1. The number of azide groups is 1. The summed E-state index contributed by atoms with van der Waals surface area (Å²) < 4.78 is 5.53. The third-order valence-corrected chi connectivity index (χ3v) is 3.34. The smallest absolute Gasteiger partial charge is 0.294 e. The first-order valence-corrected chi connectivity index (χ1v) is 6.57. The predicted molar refractivity (Wildman–Crippen MR) is 78.9 cm³/mol. The highest BCUT2D eigenvalue weighted by atomic mass is 16.3. The van der Waals surface area contributed by atoms with Gasteiger partial charge >= 0.3 is 0 Å². The van der Waals surface area contributed by atoms with Crippen molar-refractivity contribution in [2.45, 2.75) is 19.9 Å². The van der Waals surface area contributed by atoms with Crippen molar-refractivity contribution < 1.29 is 4.42 Å². The van der Waals surface area contributed by atoms with E-state index in [1.807, 2.05) is 32.0 Å². The molecule has 7 heteroatoms. The van der Waals surface area contributed by atoms with Crippen LogP contribution in [0.1, 0.15) is 25.7 Å². The molecule has 0 aliphatic heterocycles. The third-order valence-electron chi connectivity index (χ3n) is 3.34. The lowest BCUT2D eigenvalue weighted by Crippen LogP contribution is -2.16. The van der Waals surface area contributed by atoms with Crippen LogP contribution < -0.4 is 5.56 Å². The Morgan fingerprint density at radius 2 is 2.14 bits per heavy atom. The number of fused-ring (bicyclic) bond motifs is 3. The molecule has 0 unspecified atom stereocenters. The van der Waals surface area contributed by atoms with Gasteiger partial charge in [-0.15, -0.1) is 0 Å². The maximum atomic E-state index is 12.2. The van der Waals surface area contributed by atoms with Gasteiger partial charge in [0.25, 0.3) is 5.56 Å². The Morgan fingerprint density at radius 1 is 1.38 bits per heavy atom. The van der Waals surface area contributed by atoms with Crippen LogP contribution in [0.15, 0.2) is 38.6 Å². The molecule has 1 N–H and O–H groups in total. The van der Waals surface area contributed by atoms with E-state index in [0.29, 0.717) is 16.9 Å². The van der Waals surface area contributed by atoms with E-state index in [0.717, 1.165) is 5.39 Å². The average molecular weight is 283 g/mol. The van der Waals surface area contributed by atoms with Crippen LogP contribution >= 0.6 is 0 Å². The SMILES string of the molecule is CC(C)[C@@H](N=[N+]=[N-])c1nc2c(oc3ccccc32)c(=O)[nH]1. The zero-order valence-electron chi connectivity index (χ0n) is 11.6. The summed E-state index contributed by atoms with van der Waals surface area (Å²) in [6.07, 6.45) is 0. The van der Waals surface area contributed by atoms with Crippen LogP contribution in [0, 0.1) is 5.92 Å². The summed E-state index contributed by atoms with van der Waals surface area (Å²) in [7, 11) is 0. The Balaban J connectivity index is 2.33. The van der Waals surface area contributed by atoms with E-state index in [4.69, 9.17) is 9.95 Å². The molecular formula is C14H13N5O2. The number of aromatic nitrogens is 2. The van der Waals surface area contributed by atoms with E-state index in [1.54, 1.807) is 6.07 Å². The molecule has 0 spiro atoms. The molecule has 0 fully saturated rings. The number of hydrogen-bond acceptors (Lipinski definition) is 4. The van der Waals surface area contributed by atoms with Gasteiger partial charge in [0.15, 0.2) is 0 Å².